The first-order valence-corrected chi connectivity index (χ1v) is 7.30. The summed E-state index contributed by atoms with van der Waals surface area (Å²) < 4.78 is 6.08. The number of rotatable bonds is 2. The molecule has 0 saturated heterocycles. The number of fused-ring (bicyclic) bond motifs is 1. The normalized spacial score (nSPS) is 17.3. The zero-order valence-corrected chi connectivity index (χ0v) is 12.8. The maximum absolute atomic E-state index is 9.58. The second-order valence-corrected chi connectivity index (χ2v) is 5.90. The maximum Gasteiger partial charge on any atom is 0.143 e. The van der Waals surface area contributed by atoms with Gasteiger partial charge in [-0.05, 0) is 42.7 Å². The van der Waals surface area contributed by atoms with E-state index in [1.807, 2.05) is 13.1 Å². The fraction of sp³-hybridized carbons (Fsp3) is 0.333. The second kappa shape index (κ2) is 5.32. The highest BCUT2D eigenvalue weighted by atomic mass is 16.5. The van der Waals surface area contributed by atoms with Crippen LogP contribution >= 0.6 is 0 Å². The van der Waals surface area contributed by atoms with Crippen molar-refractivity contribution < 1.29 is 9.84 Å². The Balaban J connectivity index is 1.79. The Hall–Kier alpha value is -2.16. The number of hydrogen-bond donors (Lipinski definition) is 1. The number of aromatic hydroxyl groups is 1. The van der Waals surface area contributed by atoms with E-state index >= 15 is 0 Å². The first kappa shape index (κ1) is 13.8. The molecule has 0 fully saturated rings. The van der Waals surface area contributed by atoms with Gasteiger partial charge in [0.2, 0.25) is 0 Å². The Morgan fingerprint density at radius 3 is 2.71 bits per heavy atom. The van der Waals surface area contributed by atoms with Gasteiger partial charge in [0.05, 0.1) is 12.2 Å². The molecule has 110 valence electrons. The van der Waals surface area contributed by atoms with Crippen LogP contribution in [0.4, 0.5) is 5.69 Å². The van der Waals surface area contributed by atoms with Gasteiger partial charge in [0.15, 0.2) is 0 Å². The van der Waals surface area contributed by atoms with Crippen LogP contribution < -0.4 is 9.64 Å². The van der Waals surface area contributed by atoms with Crippen LogP contribution in [-0.2, 0) is 6.42 Å². The molecule has 0 radical (unpaired) electrons. The summed E-state index contributed by atoms with van der Waals surface area (Å²) in [7, 11) is 2.04. The van der Waals surface area contributed by atoms with Gasteiger partial charge in [0.25, 0.3) is 0 Å². The third kappa shape index (κ3) is 2.82. The summed E-state index contributed by atoms with van der Waals surface area (Å²) in [6, 6.07) is 11.9. The minimum Gasteiger partial charge on any atom is -0.508 e. The van der Waals surface area contributed by atoms with Crippen LogP contribution in [-0.4, -0.2) is 24.8 Å². The molecule has 3 nitrogen and oxygen atoms in total. The van der Waals surface area contributed by atoms with E-state index < -0.39 is 0 Å². The Bertz CT molecular complexity index is 666. The predicted molar refractivity (Wildman–Crippen MR) is 85.4 cm³/mol. The highest BCUT2D eigenvalue weighted by Gasteiger charge is 2.24. The summed E-state index contributed by atoms with van der Waals surface area (Å²) in [4.78, 5) is 2.14. The molecule has 0 aliphatic carbocycles. The van der Waals surface area contributed by atoms with Crippen LogP contribution in [0.1, 0.15) is 16.7 Å². The van der Waals surface area contributed by atoms with E-state index in [-0.39, 0.29) is 11.9 Å². The minimum atomic E-state index is 0.133. The fourth-order valence-electron chi connectivity index (χ4n) is 2.82. The van der Waals surface area contributed by atoms with Crippen LogP contribution in [0.2, 0.25) is 0 Å². The molecule has 3 rings (SSSR count). The first-order valence-electron chi connectivity index (χ1n) is 7.30. The summed E-state index contributed by atoms with van der Waals surface area (Å²) in [5.41, 5.74) is 4.90. The minimum absolute atomic E-state index is 0.133. The molecule has 1 aliphatic rings. The first-order chi connectivity index (χ1) is 10.0. The number of phenols is 1. The summed E-state index contributed by atoms with van der Waals surface area (Å²) in [6.45, 7) is 5.10. The zero-order chi connectivity index (χ0) is 15.0. The summed E-state index contributed by atoms with van der Waals surface area (Å²) >= 11 is 0. The molecular formula is C18H21NO2. The molecule has 1 atom stereocenters. The number of ether oxygens (including phenoxy) is 1. The number of phenolic OH excluding ortho intramolecular Hbond substituents is 1. The Kier molecular flexibility index (Phi) is 3.50. The van der Waals surface area contributed by atoms with Gasteiger partial charge in [-0.2, -0.15) is 0 Å². The van der Waals surface area contributed by atoms with Gasteiger partial charge >= 0.3 is 0 Å². The van der Waals surface area contributed by atoms with E-state index in [1.165, 1.54) is 16.7 Å². The van der Waals surface area contributed by atoms with E-state index in [9.17, 15) is 5.11 Å². The van der Waals surface area contributed by atoms with E-state index in [0.29, 0.717) is 0 Å². The van der Waals surface area contributed by atoms with Gasteiger partial charge in [0, 0.05) is 19.5 Å². The molecule has 2 aromatic carbocycles. The molecule has 21 heavy (non-hydrogen) atoms. The molecule has 1 aliphatic heterocycles. The van der Waals surface area contributed by atoms with Crippen LogP contribution in [0.15, 0.2) is 36.4 Å². The lowest BCUT2D eigenvalue weighted by Gasteiger charge is -2.34. The van der Waals surface area contributed by atoms with Gasteiger partial charge in [-0.3, -0.25) is 0 Å². The lowest BCUT2D eigenvalue weighted by molar-refractivity contribution is 0.196. The van der Waals surface area contributed by atoms with Crippen molar-refractivity contribution in [1.82, 2.24) is 0 Å². The quantitative estimate of drug-likeness (QED) is 0.916. The monoisotopic (exact) mass is 283 g/mol. The Morgan fingerprint density at radius 1 is 1.14 bits per heavy atom. The maximum atomic E-state index is 9.58. The number of anilines is 1. The molecular weight excluding hydrogens is 262 g/mol. The number of hydrogen-bond acceptors (Lipinski definition) is 3. The van der Waals surface area contributed by atoms with Gasteiger partial charge < -0.3 is 14.7 Å². The zero-order valence-electron chi connectivity index (χ0n) is 12.8. The molecule has 1 N–H and O–H groups in total. The predicted octanol–water partition coefficient (Wildman–Crippen LogP) is 3.45. The van der Waals surface area contributed by atoms with E-state index in [1.54, 1.807) is 12.1 Å². The number of aryl methyl sites for hydroxylation is 2. The van der Waals surface area contributed by atoms with Gasteiger partial charge in [-0.1, -0.05) is 18.2 Å². The number of benzene rings is 2. The fourth-order valence-corrected chi connectivity index (χ4v) is 2.82. The highest BCUT2D eigenvalue weighted by Crippen LogP contribution is 2.35. The van der Waals surface area contributed by atoms with Crippen molar-refractivity contribution in [1.29, 1.82) is 0 Å². The molecule has 2 aromatic rings. The largest absolute Gasteiger partial charge is 0.508 e. The van der Waals surface area contributed by atoms with Crippen molar-refractivity contribution in [3.8, 4) is 11.5 Å². The molecule has 1 heterocycles. The van der Waals surface area contributed by atoms with Crippen molar-refractivity contribution in [2.45, 2.75) is 26.4 Å². The standard InChI is InChI=1S/C18H21NO2/c1-12-4-5-14(8-13(12)2)9-16-11-19(3)17-10-15(20)6-7-18(17)21-16/h4-8,10,16,20H,9,11H2,1-3H3. The lowest BCUT2D eigenvalue weighted by atomic mass is 10.0. The van der Waals surface area contributed by atoms with Crippen molar-refractivity contribution in [2.75, 3.05) is 18.5 Å². The molecule has 0 saturated carbocycles. The van der Waals surface area contributed by atoms with Crippen LogP contribution in [0, 0.1) is 13.8 Å². The average Bonchev–Trinajstić information content (AvgIpc) is 2.44. The average molecular weight is 283 g/mol. The topological polar surface area (TPSA) is 32.7 Å². The van der Waals surface area contributed by atoms with E-state index in [0.717, 1.165) is 24.4 Å². The second-order valence-electron chi connectivity index (χ2n) is 5.90. The Labute approximate surface area is 125 Å². The van der Waals surface area contributed by atoms with Gasteiger partial charge in [-0.25, -0.2) is 0 Å². The van der Waals surface area contributed by atoms with Crippen molar-refractivity contribution in [3.63, 3.8) is 0 Å². The number of likely N-dealkylation sites (N-methyl/N-ethyl adjacent to an activating group) is 1. The Morgan fingerprint density at radius 2 is 1.95 bits per heavy atom. The third-order valence-corrected chi connectivity index (χ3v) is 4.16. The van der Waals surface area contributed by atoms with Crippen LogP contribution in [0.25, 0.3) is 0 Å². The molecule has 0 bridgehead atoms. The van der Waals surface area contributed by atoms with E-state index in [4.69, 9.17) is 4.74 Å². The van der Waals surface area contributed by atoms with E-state index in [2.05, 4.69) is 36.9 Å². The van der Waals surface area contributed by atoms with Gasteiger partial charge in [0.1, 0.15) is 17.6 Å². The van der Waals surface area contributed by atoms with Crippen molar-refractivity contribution in [3.05, 3.63) is 53.1 Å². The highest BCUT2D eigenvalue weighted by molar-refractivity contribution is 5.62. The molecule has 1 unspecified atom stereocenters. The van der Waals surface area contributed by atoms with Crippen LogP contribution in [0.5, 0.6) is 11.5 Å². The van der Waals surface area contributed by atoms with Gasteiger partial charge in [-0.15, -0.1) is 0 Å². The summed E-state index contributed by atoms with van der Waals surface area (Å²) in [5, 5.41) is 9.58. The van der Waals surface area contributed by atoms with Crippen molar-refractivity contribution in [2.24, 2.45) is 0 Å². The van der Waals surface area contributed by atoms with Crippen LogP contribution in [0.3, 0.4) is 0 Å². The third-order valence-electron chi connectivity index (χ3n) is 4.16. The lowest BCUT2D eigenvalue weighted by Crippen LogP contribution is -2.38. The summed E-state index contributed by atoms with van der Waals surface area (Å²) in [6.07, 6.45) is 1.03. The molecule has 3 heteroatoms. The number of nitrogens with zero attached hydrogens (tertiary/aromatic N) is 1. The smallest absolute Gasteiger partial charge is 0.143 e. The SMILES string of the molecule is Cc1ccc(CC2CN(C)c3cc(O)ccc3O2)cc1C. The molecule has 0 spiro atoms. The molecule has 0 amide bonds. The summed E-state index contributed by atoms with van der Waals surface area (Å²) in [5.74, 6) is 1.12. The molecule has 0 aromatic heterocycles. The van der Waals surface area contributed by atoms with Crippen molar-refractivity contribution >= 4 is 5.69 Å².